The highest BCUT2D eigenvalue weighted by Gasteiger charge is 1.79. The summed E-state index contributed by atoms with van der Waals surface area (Å²) >= 11 is 0. The Hall–Kier alpha value is 0.570. The van der Waals surface area contributed by atoms with E-state index in [1.807, 2.05) is 0 Å². The first kappa shape index (κ1) is 7.57. The molecule has 0 radical (unpaired) electrons. The number of rotatable bonds is 2. The Balaban J connectivity index is 3.32. The van der Waals surface area contributed by atoms with Gasteiger partial charge < -0.3 is 9.11 Å². The summed E-state index contributed by atoms with van der Waals surface area (Å²) in [5.41, 5.74) is 0. The molecule has 0 aromatic carbocycles. The molecule has 0 amide bonds. The molecule has 4 nitrogen and oxygen atoms in total. The molecule has 0 aliphatic carbocycles. The molecule has 2 unspecified atom stereocenters. The normalized spacial score (nSPS) is 18.6. The second-order valence-electron chi connectivity index (χ2n) is 0.476. The minimum absolute atomic E-state index is 0.157. The Labute approximate surface area is 48.1 Å². The van der Waals surface area contributed by atoms with E-state index >= 15 is 0 Å². The molecule has 0 aliphatic heterocycles. The molecule has 0 aromatic rings. The van der Waals surface area contributed by atoms with Crippen LogP contribution in [0.4, 0.5) is 0 Å². The van der Waals surface area contributed by atoms with Gasteiger partial charge in [-0.25, -0.2) is 0 Å². The van der Waals surface area contributed by atoms with Crippen molar-refractivity contribution in [3.8, 4) is 0 Å². The van der Waals surface area contributed by atoms with Crippen molar-refractivity contribution in [2.24, 2.45) is 0 Å². The fourth-order valence-electron chi connectivity index (χ4n) is 0.0454. The van der Waals surface area contributed by atoms with E-state index in [2.05, 4.69) is 0 Å². The number of hydrogen-bond acceptors (Lipinski definition) is 5. The predicted octanol–water partition coefficient (Wildman–Crippen LogP) is -0.692. The van der Waals surface area contributed by atoms with Crippen molar-refractivity contribution in [1.29, 1.82) is 0 Å². The van der Waals surface area contributed by atoms with Gasteiger partial charge in [0.2, 0.25) is 0 Å². The molecule has 0 spiro atoms. The van der Waals surface area contributed by atoms with Gasteiger partial charge in [0, 0.05) is 30.1 Å². The van der Waals surface area contributed by atoms with Crippen LogP contribution in [0.15, 0.2) is 0 Å². The molecule has 0 N–H and O–H groups in total. The Bertz CT molecular complexity index is 83.1. The van der Waals surface area contributed by atoms with E-state index in [0.717, 1.165) is 0 Å². The van der Waals surface area contributed by atoms with Crippen molar-refractivity contribution in [1.82, 2.24) is 0 Å². The largest absolute Gasteiger partial charge is 0.763 e. The fourth-order valence-corrected chi connectivity index (χ4v) is 1.22. The van der Waals surface area contributed by atoms with Crippen LogP contribution in [-0.4, -0.2) is 17.5 Å². The van der Waals surface area contributed by atoms with E-state index in [4.69, 9.17) is 0 Å². The maximum atomic E-state index is 9.38. The van der Waals surface area contributed by atoms with Gasteiger partial charge in [-0.3, -0.25) is 8.42 Å². The molecule has 0 rings (SSSR count). The van der Waals surface area contributed by atoms with Gasteiger partial charge in [0.15, 0.2) is 0 Å². The van der Waals surface area contributed by atoms with Gasteiger partial charge >= 0.3 is 0 Å². The third kappa shape index (κ3) is 6.57. The van der Waals surface area contributed by atoms with E-state index in [9.17, 15) is 17.5 Å². The average molecular weight is 160 g/mol. The molecule has 7 heavy (non-hydrogen) atoms. The summed E-state index contributed by atoms with van der Waals surface area (Å²) in [6, 6.07) is 0. The highest BCUT2D eigenvalue weighted by atomic mass is 33.5. The van der Waals surface area contributed by atoms with E-state index in [1.165, 1.54) is 0 Å². The van der Waals surface area contributed by atoms with Gasteiger partial charge in [0.25, 0.3) is 0 Å². The molecular weight excluding hydrogens is 160 g/mol. The first-order chi connectivity index (χ1) is 3.13. The van der Waals surface area contributed by atoms with E-state index in [-0.39, 0.29) is 9.83 Å². The molecule has 0 aromatic heterocycles. The Kier molecular flexibility index (Phi) is 3.85. The average Bonchev–Trinajstić information content (AvgIpc) is 1.27. The van der Waals surface area contributed by atoms with Crippen molar-refractivity contribution in [2.75, 3.05) is 0 Å². The molecule has 0 heterocycles. The highest BCUT2D eigenvalue weighted by molar-refractivity contribution is 8.98. The lowest BCUT2D eigenvalue weighted by atomic mass is 15.9. The van der Waals surface area contributed by atoms with Crippen LogP contribution in [0.3, 0.4) is 0 Å². The van der Waals surface area contributed by atoms with Crippen molar-refractivity contribution in [2.45, 2.75) is 0 Å². The molecule has 0 saturated heterocycles. The molecule has 7 heteroatoms. The van der Waals surface area contributed by atoms with Crippen molar-refractivity contribution < 1.29 is 17.5 Å². The van der Waals surface area contributed by atoms with Crippen LogP contribution in [0, 0.1) is 0 Å². The quantitative estimate of drug-likeness (QED) is 0.394. The third-order valence-electron chi connectivity index (χ3n) is 0.111. The van der Waals surface area contributed by atoms with Crippen LogP contribution < -0.4 is 0 Å². The first-order valence-electron chi connectivity index (χ1n) is 1.00. The van der Waals surface area contributed by atoms with Crippen LogP contribution in [-0.2, 0) is 20.2 Å². The zero-order valence-corrected chi connectivity index (χ0v) is 5.31. The van der Waals surface area contributed by atoms with Gasteiger partial charge in [-0.2, -0.15) is 0 Å². The summed E-state index contributed by atoms with van der Waals surface area (Å²) in [4.78, 5) is 0. The van der Waals surface area contributed by atoms with Gasteiger partial charge in [0.05, 0.1) is 0 Å². The van der Waals surface area contributed by atoms with Crippen molar-refractivity contribution in [3.05, 3.63) is 0 Å². The fraction of sp³-hybridized carbons (Fsp3) is 0. The molecule has 2 atom stereocenters. The van der Waals surface area contributed by atoms with Gasteiger partial charge in [-0.15, -0.1) is 0 Å². The summed E-state index contributed by atoms with van der Waals surface area (Å²) in [7, 11) is -5.24. The zero-order valence-electron chi connectivity index (χ0n) is 2.86. The second kappa shape index (κ2) is 3.56. The maximum Gasteiger partial charge on any atom is 0.0192 e. The van der Waals surface area contributed by atoms with E-state index in [0.29, 0.717) is 0 Å². The lowest BCUT2D eigenvalue weighted by Gasteiger charge is -2.03. The van der Waals surface area contributed by atoms with E-state index in [1.54, 1.807) is 0 Å². The summed E-state index contributed by atoms with van der Waals surface area (Å²) in [5, 5.41) is 0. The molecule has 0 aliphatic rings. The summed E-state index contributed by atoms with van der Waals surface area (Å²) in [6.45, 7) is 0. The second-order valence-corrected chi connectivity index (χ2v) is 4.69. The summed E-state index contributed by atoms with van der Waals surface area (Å²) < 4.78 is 37.5. The molecule has 0 saturated carbocycles. The van der Waals surface area contributed by atoms with Gasteiger partial charge in [-0.1, -0.05) is 0 Å². The lowest BCUT2D eigenvalue weighted by Crippen LogP contribution is -1.82. The minimum Gasteiger partial charge on any atom is -0.763 e. The highest BCUT2D eigenvalue weighted by Crippen LogP contribution is 2.05. The maximum absolute atomic E-state index is 9.38. The monoisotopic (exact) mass is 160 g/mol. The smallest absolute Gasteiger partial charge is 0.0192 e. The van der Waals surface area contributed by atoms with Gasteiger partial charge in [0.1, 0.15) is 0 Å². The molecule has 0 fully saturated rings. The molecule has 0 bridgehead atoms. The number of hydrogen-bond donors (Lipinski definition) is 0. The van der Waals surface area contributed by atoms with Crippen molar-refractivity contribution >= 4 is 30.1 Å². The molecule has 44 valence electrons. The lowest BCUT2D eigenvalue weighted by molar-refractivity contribution is 0.550. The third-order valence-corrected chi connectivity index (χ3v) is 3.00. The van der Waals surface area contributed by atoms with E-state index < -0.39 is 20.2 Å². The standard InChI is InChI=1S/H2O4S3/c1-6(2)5-7(3)4/h(H,1,2)(H,3,4)/p-2. The van der Waals surface area contributed by atoms with Crippen molar-refractivity contribution in [3.63, 3.8) is 0 Å². The zero-order chi connectivity index (χ0) is 5.86. The SMILES string of the molecule is O=S([O-])SS(=O)[O-]. The van der Waals surface area contributed by atoms with Crippen LogP contribution >= 0.6 is 9.83 Å². The molecular formula is O4S3-2. The first-order valence-corrected chi connectivity index (χ1v) is 5.00. The van der Waals surface area contributed by atoms with Crippen LogP contribution in [0.1, 0.15) is 0 Å². The Morgan fingerprint density at radius 2 is 1.43 bits per heavy atom. The summed E-state index contributed by atoms with van der Waals surface area (Å²) in [5.74, 6) is 0. The predicted molar refractivity (Wildman–Crippen MR) is 25.4 cm³/mol. The topological polar surface area (TPSA) is 80.3 Å². The van der Waals surface area contributed by atoms with Crippen LogP contribution in [0.5, 0.6) is 0 Å². The summed E-state index contributed by atoms with van der Waals surface area (Å²) in [6.07, 6.45) is 0. The minimum atomic E-state index is -2.54. The van der Waals surface area contributed by atoms with Crippen LogP contribution in [0.2, 0.25) is 0 Å². The van der Waals surface area contributed by atoms with Crippen LogP contribution in [0.25, 0.3) is 0 Å². The Morgan fingerprint density at radius 1 is 1.14 bits per heavy atom. The van der Waals surface area contributed by atoms with Gasteiger partial charge in [-0.05, 0) is 0 Å². The Morgan fingerprint density at radius 3 is 1.43 bits per heavy atom.